The van der Waals surface area contributed by atoms with E-state index in [2.05, 4.69) is 10.6 Å². The number of carboxylic acids is 1. The Hall–Kier alpha value is -3.49. The Bertz CT molecular complexity index is 826. The summed E-state index contributed by atoms with van der Waals surface area (Å²) in [4.78, 5) is 60.0. The summed E-state index contributed by atoms with van der Waals surface area (Å²) in [6.07, 6.45) is 2.32. The fourth-order valence-corrected chi connectivity index (χ4v) is 2.54. The average Bonchev–Trinajstić information content (AvgIpc) is 2.97. The molecule has 0 aromatic heterocycles. The SMILES string of the molecule is CC(NC(=O)[C@@H](NC(=O)c1ccc(N2C(=O)C=CC2=O)cc1)C(C)C)C(=O)O. The Kier molecular flexibility index (Phi) is 6.29. The Morgan fingerprint density at radius 3 is 1.93 bits per heavy atom. The summed E-state index contributed by atoms with van der Waals surface area (Å²) in [5.41, 5.74) is 0.547. The number of hydrogen-bond acceptors (Lipinski definition) is 5. The molecule has 0 bridgehead atoms. The minimum Gasteiger partial charge on any atom is -0.480 e. The maximum Gasteiger partial charge on any atom is 0.325 e. The van der Waals surface area contributed by atoms with E-state index in [0.29, 0.717) is 5.69 Å². The van der Waals surface area contributed by atoms with Crippen LogP contribution in [0.2, 0.25) is 0 Å². The highest BCUT2D eigenvalue weighted by Gasteiger charge is 2.28. The van der Waals surface area contributed by atoms with Gasteiger partial charge in [0.25, 0.3) is 17.7 Å². The van der Waals surface area contributed by atoms with Gasteiger partial charge in [-0.1, -0.05) is 13.8 Å². The lowest BCUT2D eigenvalue weighted by molar-refractivity contribution is -0.141. The van der Waals surface area contributed by atoms with E-state index in [4.69, 9.17) is 5.11 Å². The number of benzene rings is 1. The van der Waals surface area contributed by atoms with E-state index in [1.54, 1.807) is 13.8 Å². The molecule has 9 heteroatoms. The van der Waals surface area contributed by atoms with Crippen LogP contribution in [-0.2, 0) is 19.2 Å². The molecule has 0 saturated carbocycles. The number of carbonyl (C=O) groups is 5. The molecule has 1 unspecified atom stereocenters. The fraction of sp³-hybridized carbons (Fsp3) is 0.316. The number of amides is 4. The number of carbonyl (C=O) groups excluding carboxylic acids is 4. The monoisotopic (exact) mass is 387 g/mol. The van der Waals surface area contributed by atoms with Crippen LogP contribution in [0.5, 0.6) is 0 Å². The van der Waals surface area contributed by atoms with Crippen molar-refractivity contribution in [2.24, 2.45) is 5.92 Å². The molecule has 0 aliphatic carbocycles. The lowest BCUT2D eigenvalue weighted by Gasteiger charge is -2.23. The van der Waals surface area contributed by atoms with Gasteiger partial charge in [0.05, 0.1) is 5.69 Å². The molecular weight excluding hydrogens is 366 g/mol. The van der Waals surface area contributed by atoms with E-state index in [9.17, 15) is 24.0 Å². The number of nitrogens with zero attached hydrogens (tertiary/aromatic N) is 1. The molecule has 0 spiro atoms. The summed E-state index contributed by atoms with van der Waals surface area (Å²) >= 11 is 0. The minimum absolute atomic E-state index is 0.223. The molecule has 3 N–H and O–H groups in total. The van der Waals surface area contributed by atoms with Crippen molar-refractivity contribution in [3.8, 4) is 0 Å². The lowest BCUT2D eigenvalue weighted by Crippen LogP contribution is -2.53. The molecular formula is C19H21N3O6. The predicted octanol–water partition coefficient (Wildman–Crippen LogP) is 0.460. The summed E-state index contributed by atoms with van der Waals surface area (Å²) in [5.74, 6) is -3.54. The van der Waals surface area contributed by atoms with Crippen molar-refractivity contribution in [1.82, 2.24) is 10.6 Å². The number of carboxylic acid groups (broad SMARTS) is 1. The summed E-state index contributed by atoms with van der Waals surface area (Å²) in [6.45, 7) is 4.77. The number of anilines is 1. The van der Waals surface area contributed by atoms with Gasteiger partial charge in [0.1, 0.15) is 12.1 Å². The Balaban J connectivity index is 2.09. The van der Waals surface area contributed by atoms with Crippen LogP contribution in [0, 0.1) is 5.92 Å². The second-order valence-electron chi connectivity index (χ2n) is 6.66. The van der Waals surface area contributed by atoms with Crippen LogP contribution in [0.3, 0.4) is 0 Å². The van der Waals surface area contributed by atoms with Crippen molar-refractivity contribution in [2.75, 3.05) is 4.90 Å². The molecule has 9 nitrogen and oxygen atoms in total. The first-order valence-electron chi connectivity index (χ1n) is 8.62. The summed E-state index contributed by atoms with van der Waals surface area (Å²) in [7, 11) is 0. The molecule has 4 amide bonds. The highest BCUT2D eigenvalue weighted by atomic mass is 16.4. The first kappa shape index (κ1) is 20.8. The summed E-state index contributed by atoms with van der Waals surface area (Å²) < 4.78 is 0. The van der Waals surface area contributed by atoms with Gasteiger partial charge in [-0.15, -0.1) is 0 Å². The van der Waals surface area contributed by atoms with E-state index in [-0.39, 0.29) is 11.5 Å². The van der Waals surface area contributed by atoms with Crippen LogP contribution in [0.1, 0.15) is 31.1 Å². The molecule has 0 radical (unpaired) electrons. The van der Waals surface area contributed by atoms with Crippen LogP contribution in [0.15, 0.2) is 36.4 Å². The van der Waals surface area contributed by atoms with Gasteiger partial charge in [0.15, 0.2) is 0 Å². The maximum absolute atomic E-state index is 12.5. The predicted molar refractivity (Wildman–Crippen MR) is 99.4 cm³/mol. The van der Waals surface area contributed by atoms with Gasteiger partial charge in [-0.2, -0.15) is 0 Å². The van der Waals surface area contributed by atoms with Gasteiger partial charge in [-0.25, -0.2) is 4.90 Å². The van der Waals surface area contributed by atoms with Crippen LogP contribution in [0.4, 0.5) is 5.69 Å². The first-order chi connectivity index (χ1) is 13.1. The van der Waals surface area contributed by atoms with Crippen molar-refractivity contribution >= 4 is 35.3 Å². The standard InChI is InChI=1S/C19H21N3O6/c1-10(2)16(18(26)20-11(3)19(27)28)21-17(25)12-4-6-13(7-5-12)22-14(23)8-9-15(22)24/h4-11,16H,1-3H3,(H,20,26)(H,21,25)(H,27,28)/t11?,16-/m0/s1. The molecule has 1 aromatic rings. The largest absolute Gasteiger partial charge is 0.480 e. The van der Waals surface area contributed by atoms with Gasteiger partial charge in [0.2, 0.25) is 5.91 Å². The van der Waals surface area contributed by atoms with Crippen molar-refractivity contribution in [3.05, 3.63) is 42.0 Å². The smallest absolute Gasteiger partial charge is 0.325 e. The molecule has 1 aliphatic heterocycles. The van der Waals surface area contributed by atoms with Crippen LogP contribution < -0.4 is 15.5 Å². The van der Waals surface area contributed by atoms with E-state index in [0.717, 1.165) is 17.1 Å². The van der Waals surface area contributed by atoms with Crippen molar-refractivity contribution in [3.63, 3.8) is 0 Å². The first-order valence-corrected chi connectivity index (χ1v) is 8.62. The molecule has 1 aliphatic rings. The minimum atomic E-state index is -1.18. The van der Waals surface area contributed by atoms with Gasteiger partial charge >= 0.3 is 5.97 Å². The van der Waals surface area contributed by atoms with Crippen molar-refractivity contribution in [2.45, 2.75) is 32.9 Å². The number of nitrogens with one attached hydrogen (secondary N) is 2. The van der Waals surface area contributed by atoms with Gasteiger partial charge in [-0.05, 0) is 37.1 Å². The van der Waals surface area contributed by atoms with E-state index in [1.807, 2.05) is 0 Å². The number of imide groups is 1. The fourth-order valence-electron chi connectivity index (χ4n) is 2.54. The topological polar surface area (TPSA) is 133 Å². The Morgan fingerprint density at radius 2 is 1.46 bits per heavy atom. The zero-order valence-electron chi connectivity index (χ0n) is 15.6. The zero-order valence-corrected chi connectivity index (χ0v) is 15.6. The average molecular weight is 387 g/mol. The van der Waals surface area contributed by atoms with Gasteiger partial charge in [0, 0.05) is 17.7 Å². The van der Waals surface area contributed by atoms with Crippen LogP contribution in [0.25, 0.3) is 0 Å². The quantitative estimate of drug-likeness (QED) is 0.582. The molecule has 148 valence electrons. The van der Waals surface area contributed by atoms with Gasteiger partial charge in [-0.3, -0.25) is 24.0 Å². The Morgan fingerprint density at radius 1 is 0.929 bits per heavy atom. The molecule has 1 heterocycles. The normalized spacial score (nSPS) is 15.5. The lowest BCUT2D eigenvalue weighted by atomic mass is 10.0. The second kappa shape index (κ2) is 8.47. The zero-order chi connectivity index (χ0) is 21.0. The van der Waals surface area contributed by atoms with Gasteiger partial charge < -0.3 is 15.7 Å². The molecule has 1 aromatic carbocycles. The molecule has 0 fully saturated rings. The second-order valence-corrected chi connectivity index (χ2v) is 6.66. The third kappa shape index (κ3) is 4.61. The van der Waals surface area contributed by atoms with E-state index in [1.165, 1.54) is 31.2 Å². The summed E-state index contributed by atoms with van der Waals surface area (Å²) in [6, 6.07) is 3.75. The molecule has 28 heavy (non-hydrogen) atoms. The third-order valence-electron chi connectivity index (χ3n) is 4.16. The highest BCUT2D eigenvalue weighted by Crippen LogP contribution is 2.19. The van der Waals surface area contributed by atoms with Crippen LogP contribution >= 0.6 is 0 Å². The maximum atomic E-state index is 12.5. The molecule has 2 atom stereocenters. The molecule has 2 rings (SSSR count). The van der Waals surface area contributed by atoms with E-state index >= 15 is 0 Å². The van der Waals surface area contributed by atoms with E-state index < -0.39 is 41.7 Å². The number of rotatable bonds is 7. The Labute approximate surface area is 161 Å². The third-order valence-corrected chi connectivity index (χ3v) is 4.16. The van der Waals surface area contributed by atoms with Crippen molar-refractivity contribution in [1.29, 1.82) is 0 Å². The number of hydrogen-bond donors (Lipinski definition) is 3. The number of aliphatic carboxylic acids is 1. The molecule has 0 saturated heterocycles. The van der Waals surface area contributed by atoms with Crippen molar-refractivity contribution < 1.29 is 29.1 Å². The highest BCUT2D eigenvalue weighted by molar-refractivity contribution is 6.28. The van der Waals surface area contributed by atoms with Crippen LogP contribution in [-0.4, -0.2) is 46.8 Å². The summed E-state index contributed by atoms with van der Waals surface area (Å²) in [5, 5.41) is 13.8.